The number of halogens is 3. The van der Waals surface area contributed by atoms with Crippen LogP contribution in [0.3, 0.4) is 0 Å². The first-order valence-corrected chi connectivity index (χ1v) is 7.28. The van der Waals surface area contributed by atoms with E-state index in [-0.39, 0.29) is 25.5 Å². The molecule has 22 heavy (non-hydrogen) atoms. The molecule has 0 bridgehead atoms. The molecule has 0 aromatic rings. The van der Waals surface area contributed by atoms with Gasteiger partial charge in [-0.3, -0.25) is 0 Å². The van der Waals surface area contributed by atoms with Gasteiger partial charge in [-0.25, -0.2) is 4.79 Å². The van der Waals surface area contributed by atoms with Crippen molar-refractivity contribution < 1.29 is 32.5 Å². The summed E-state index contributed by atoms with van der Waals surface area (Å²) in [4.78, 5) is 13.4. The normalized spacial score (nSPS) is 23.5. The SMILES string of the molecule is CC(C)(C)OC(=O)N1CCC(O)C(CCOCC(F)(F)F)C1. The van der Waals surface area contributed by atoms with Crippen molar-refractivity contribution in [3.63, 3.8) is 0 Å². The van der Waals surface area contributed by atoms with Crippen LogP contribution in [0.25, 0.3) is 0 Å². The maximum Gasteiger partial charge on any atom is 0.411 e. The van der Waals surface area contributed by atoms with E-state index in [2.05, 4.69) is 4.74 Å². The highest BCUT2D eigenvalue weighted by molar-refractivity contribution is 5.68. The molecule has 130 valence electrons. The van der Waals surface area contributed by atoms with Crippen LogP contribution in [0.1, 0.15) is 33.6 Å². The zero-order chi connectivity index (χ0) is 17.0. The first-order chi connectivity index (χ1) is 9.98. The van der Waals surface area contributed by atoms with Crippen LogP contribution >= 0.6 is 0 Å². The predicted molar refractivity (Wildman–Crippen MR) is 73.4 cm³/mol. The van der Waals surface area contributed by atoms with Crippen molar-refractivity contribution in [3.05, 3.63) is 0 Å². The Kier molecular flexibility index (Phi) is 6.49. The van der Waals surface area contributed by atoms with E-state index in [0.29, 0.717) is 13.0 Å². The van der Waals surface area contributed by atoms with E-state index >= 15 is 0 Å². The van der Waals surface area contributed by atoms with Gasteiger partial charge in [-0.1, -0.05) is 0 Å². The number of piperidine rings is 1. The molecule has 1 aliphatic rings. The molecule has 1 saturated heterocycles. The standard InChI is InChI=1S/C14H24F3NO4/c1-13(2,3)22-12(20)18-6-4-11(19)10(8-18)5-7-21-9-14(15,16)17/h10-11,19H,4-9H2,1-3H3. The molecule has 0 aromatic carbocycles. The molecule has 1 heterocycles. The van der Waals surface area contributed by atoms with Gasteiger partial charge in [-0.15, -0.1) is 0 Å². The van der Waals surface area contributed by atoms with Crippen LogP contribution < -0.4 is 0 Å². The number of carbonyl (C=O) groups excluding carboxylic acids is 1. The van der Waals surface area contributed by atoms with E-state index in [0.717, 1.165) is 0 Å². The third-order valence-electron chi connectivity index (χ3n) is 3.24. The predicted octanol–water partition coefficient (Wildman–Crippen LogP) is 2.57. The molecule has 2 unspecified atom stereocenters. The van der Waals surface area contributed by atoms with Crippen LogP contribution in [0.4, 0.5) is 18.0 Å². The Labute approximate surface area is 128 Å². The second-order valence-corrected chi connectivity index (χ2v) is 6.50. The van der Waals surface area contributed by atoms with Gasteiger partial charge >= 0.3 is 12.3 Å². The van der Waals surface area contributed by atoms with Gasteiger partial charge in [0, 0.05) is 25.6 Å². The lowest BCUT2D eigenvalue weighted by molar-refractivity contribution is -0.175. The molecule has 0 radical (unpaired) electrons. The van der Waals surface area contributed by atoms with Crippen molar-refractivity contribution in [3.8, 4) is 0 Å². The summed E-state index contributed by atoms with van der Waals surface area (Å²) in [7, 11) is 0. The minimum Gasteiger partial charge on any atom is -0.444 e. The van der Waals surface area contributed by atoms with E-state index in [4.69, 9.17) is 4.74 Å². The molecule has 1 fully saturated rings. The van der Waals surface area contributed by atoms with Gasteiger partial charge < -0.3 is 19.5 Å². The average Bonchev–Trinajstić information content (AvgIpc) is 2.33. The minimum absolute atomic E-state index is 0.108. The maximum absolute atomic E-state index is 12.0. The molecular weight excluding hydrogens is 303 g/mol. The third-order valence-corrected chi connectivity index (χ3v) is 3.24. The number of ether oxygens (including phenoxy) is 2. The molecule has 0 aromatic heterocycles. The van der Waals surface area contributed by atoms with Crippen LogP contribution in [0.15, 0.2) is 0 Å². The quantitative estimate of drug-likeness (QED) is 0.806. The average molecular weight is 327 g/mol. The topological polar surface area (TPSA) is 59.0 Å². The van der Waals surface area contributed by atoms with E-state index < -0.39 is 30.6 Å². The van der Waals surface area contributed by atoms with Crippen molar-refractivity contribution >= 4 is 6.09 Å². The largest absolute Gasteiger partial charge is 0.444 e. The number of likely N-dealkylation sites (tertiary alicyclic amines) is 1. The van der Waals surface area contributed by atoms with Crippen LogP contribution in [-0.2, 0) is 9.47 Å². The second-order valence-electron chi connectivity index (χ2n) is 6.50. The Bertz CT molecular complexity index is 368. The molecule has 2 atom stereocenters. The summed E-state index contributed by atoms with van der Waals surface area (Å²) in [6.45, 7) is 4.49. The smallest absolute Gasteiger partial charge is 0.411 e. The van der Waals surface area contributed by atoms with E-state index in [1.165, 1.54) is 4.90 Å². The molecule has 0 aliphatic carbocycles. The summed E-state index contributed by atoms with van der Waals surface area (Å²) in [6.07, 6.45) is -4.83. The minimum atomic E-state index is -4.35. The summed E-state index contributed by atoms with van der Waals surface area (Å²) in [5.74, 6) is -0.311. The highest BCUT2D eigenvalue weighted by atomic mass is 19.4. The van der Waals surface area contributed by atoms with E-state index in [1.54, 1.807) is 20.8 Å². The first-order valence-electron chi connectivity index (χ1n) is 7.28. The van der Waals surface area contributed by atoms with Gasteiger partial charge in [-0.05, 0) is 33.6 Å². The van der Waals surface area contributed by atoms with Crippen molar-refractivity contribution in [2.24, 2.45) is 5.92 Å². The lowest BCUT2D eigenvalue weighted by atomic mass is 9.92. The number of rotatable bonds is 4. The highest BCUT2D eigenvalue weighted by Gasteiger charge is 2.33. The number of carbonyl (C=O) groups is 1. The first kappa shape index (κ1) is 19.0. The fourth-order valence-electron chi connectivity index (χ4n) is 2.22. The summed E-state index contributed by atoms with van der Waals surface area (Å²) >= 11 is 0. The zero-order valence-corrected chi connectivity index (χ0v) is 13.2. The maximum atomic E-state index is 12.0. The molecule has 1 amide bonds. The van der Waals surface area contributed by atoms with Crippen molar-refractivity contribution in [1.82, 2.24) is 4.90 Å². The highest BCUT2D eigenvalue weighted by Crippen LogP contribution is 2.23. The molecule has 8 heteroatoms. The van der Waals surface area contributed by atoms with Crippen LogP contribution in [0.2, 0.25) is 0 Å². The van der Waals surface area contributed by atoms with Gasteiger partial charge in [0.25, 0.3) is 0 Å². The molecule has 5 nitrogen and oxygen atoms in total. The van der Waals surface area contributed by atoms with Crippen molar-refractivity contribution in [2.45, 2.75) is 51.5 Å². The number of aliphatic hydroxyl groups is 1. The number of hydrogen-bond donors (Lipinski definition) is 1. The summed E-state index contributed by atoms with van der Waals surface area (Å²) in [5, 5.41) is 9.90. The molecule has 0 saturated carbocycles. The molecule has 0 spiro atoms. The van der Waals surface area contributed by atoms with Gasteiger partial charge in [-0.2, -0.15) is 13.2 Å². The molecule has 1 rings (SSSR count). The van der Waals surface area contributed by atoms with Gasteiger partial charge in [0.15, 0.2) is 0 Å². The van der Waals surface area contributed by atoms with Gasteiger partial charge in [0.2, 0.25) is 0 Å². The molecule has 1 aliphatic heterocycles. The summed E-state index contributed by atoms with van der Waals surface area (Å²) in [6, 6.07) is 0. The van der Waals surface area contributed by atoms with Gasteiger partial charge in [0.05, 0.1) is 6.10 Å². The third kappa shape index (κ3) is 7.31. The fraction of sp³-hybridized carbons (Fsp3) is 0.929. The lowest BCUT2D eigenvalue weighted by Crippen LogP contribution is -2.48. The summed E-state index contributed by atoms with van der Waals surface area (Å²) < 4.78 is 45.7. The Hall–Kier alpha value is -1.02. The lowest BCUT2D eigenvalue weighted by Gasteiger charge is -2.37. The Morgan fingerprint density at radius 1 is 1.32 bits per heavy atom. The molecular formula is C14H24F3NO4. The number of hydrogen-bond acceptors (Lipinski definition) is 4. The Balaban J connectivity index is 2.41. The fourth-order valence-corrected chi connectivity index (χ4v) is 2.22. The van der Waals surface area contributed by atoms with Crippen molar-refractivity contribution in [1.29, 1.82) is 0 Å². The monoisotopic (exact) mass is 327 g/mol. The number of alkyl halides is 3. The number of aliphatic hydroxyl groups excluding tert-OH is 1. The van der Waals surface area contributed by atoms with Crippen LogP contribution in [-0.4, -0.2) is 60.3 Å². The zero-order valence-electron chi connectivity index (χ0n) is 13.2. The van der Waals surface area contributed by atoms with E-state index in [9.17, 15) is 23.1 Å². The number of amides is 1. The van der Waals surface area contributed by atoms with Crippen LogP contribution in [0.5, 0.6) is 0 Å². The molecule has 1 N–H and O–H groups in total. The van der Waals surface area contributed by atoms with Crippen molar-refractivity contribution in [2.75, 3.05) is 26.3 Å². The van der Waals surface area contributed by atoms with Gasteiger partial charge in [0.1, 0.15) is 12.2 Å². The van der Waals surface area contributed by atoms with Crippen LogP contribution in [0, 0.1) is 5.92 Å². The summed E-state index contributed by atoms with van der Waals surface area (Å²) in [5.41, 5.74) is -0.613. The Morgan fingerprint density at radius 3 is 2.50 bits per heavy atom. The Morgan fingerprint density at radius 2 is 1.95 bits per heavy atom. The van der Waals surface area contributed by atoms with E-state index in [1.807, 2.05) is 0 Å². The second kappa shape index (κ2) is 7.50. The number of nitrogens with zero attached hydrogens (tertiary/aromatic N) is 1.